The van der Waals surface area contributed by atoms with Gasteiger partial charge in [0.2, 0.25) is 0 Å². The Morgan fingerprint density at radius 3 is 2.50 bits per heavy atom. The van der Waals surface area contributed by atoms with Gasteiger partial charge in [-0.25, -0.2) is 4.39 Å². The molecule has 1 N–H and O–H groups in total. The lowest BCUT2D eigenvalue weighted by molar-refractivity contribution is 0.238. The van der Waals surface area contributed by atoms with E-state index in [1.165, 1.54) is 19.3 Å². The average Bonchev–Trinajstić information content (AvgIpc) is 2.29. The van der Waals surface area contributed by atoms with Crippen molar-refractivity contribution in [3.63, 3.8) is 0 Å². The van der Waals surface area contributed by atoms with Gasteiger partial charge in [0.1, 0.15) is 5.82 Å². The lowest BCUT2D eigenvalue weighted by Gasteiger charge is -2.32. The van der Waals surface area contributed by atoms with Gasteiger partial charge >= 0.3 is 0 Å². The van der Waals surface area contributed by atoms with Gasteiger partial charge in [-0.1, -0.05) is 19.9 Å². The molecule has 0 saturated heterocycles. The topological polar surface area (TPSA) is 12.0 Å². The van der Waals surface area contributed by atoms with E-state index in [4.69, 9.17) is 0 Å². The first-order chi connectivity index (χ1) is 8.54. The molecule has 0 bridgehead atoms. The molecule has 1 aromatic carbocycles. The summed E-state index contributed by atoms with van der Waals surface area (Å²) in [6, 6.07) is 5.93. The smallest absolute Gasteiger partial charge is 0.137 e. The Balaban J connectivity index is 1.89. The maximum atomic E-state index is 13.4. The minimum Gasteiger partial charge on any atom is -0.310 e. The molecule has 0 spiro atoms. The van der Waals surface area contributed by atoms with Crippen molar-refractivity contribution in [2.45, 2.75) is 45.7 Å². The molecule has 0 heterocycles. The molecule has 0 aliphatic heterocycles. The molecule has 0 radical (unpaired) electrons. The molecule has 2 rings (SSSR count). The molecular weight excluding hydrogens is 293 g/mol. The molecule has 3 heteroatoms. The van der Waals surface area contributed by atoms with Gasteiger partial charge in [-0.3, -0.25) is 0 Å². The van der Waals surface area contributed by atoms with Crippen molar-refractivity contribution >= 4 is 15.9 Å². The van der Waals surface area contributed by atoms with Crippen LogP contribution in [0.15, 0.2) is 22.7 Å². The van der Waals surface area contributed by atoms with E-state index in [0.29, 0.717) is 10.5 Å². The van der Waals surface area contributed by atoms with Crippen molar-refractivity contribution in [1.82, 2.24) is 5.32 Å². The first kappa shape index (κ1) is 14.0. The molecule has 1 saturated carbocycles. The molecule has 1 nitrogen and oxygen atoms in total. The summed E-state index contributed by atoms with van der Waals surface area (Å²) in [4.78, 5) is 0. The maximum Gasteiger partial charge on any atom is 0.137 e. The van der Waals surface area contributed by atoms with Crippen LogP contribution in [0.4, 0.5) is 4.39 Å². The summed E-state index contributed by atoms with van der Waals surface area (Å²) in [5.41, 5.74) is 1.02. The van der Waals surface area contributed by atoms with Crippen LogP contribution in [-0.4, -0.2) is 6.04 Å². The molecule has 1 fully saturated rings. The fraction of sp³-hybridized carbons (Fsp3) is 0.600. The third-order valence-electron chi connectivity index (χ3n) is 3.76. The monoisotopic (exact) mass is 313 g/mol. The zero-order valence-electron chi connectivity index (χ0n) is 11.0. The predicted molar refractivity (Wildman–Crippen MR) is 76.9 cm³/mol. The van der Waals surface area contributed by atoms with E-state index in [1.807, 2.05) is 6.07 Å². The summed E-state index contributed by atoms with van der Waals surface area (Å²) >= 11 is 3.18. The lowest BCUT2D eigenvalue weighted by atomic mass is 9.80. The van der Waals surface area contributed by atoms with Gasteiger partial charge in [0.25, 0.3) is 0 Å². The summed E-state index contributed by atoms with van der Waals surface area (Å²) in [5.74, 6) is 1.42. The highest BCUT2D eigenvalue weighted by molar-refractivity contribution is 9.10. The van der Waals surface area contributed by atoms with Crippen molar-refractivity contribution in [3.8, 4) is 0 Å². The van der Waals surface area contributed by atoms with E-state index in [-0.39, 0.29) is 5.82 Å². The van der Waals surface area contributed by atoms with Crippen LogP contribution in [0.1, 0.15) is 38.7 Å². The summed E-state index contributed by atoms with van der Waals surface area (Å²) in [6.07, 6.45) is 3.82. The molecular formula is C15H21BrFN. The highest BCUT2D eigenvalue weighted by atomic mass is 79.9. The Hall–Kier alpha value is -0.410. The van der Waals surface area contributed by atoms with Gasteiger partial charge in [0, 0.05) is 12.6 Å². The first-order valence-electron chi connectivity index (χ1n) is 6.72. The average molecular weight is 314 g/mol. The Labute approximate surface area is 117 Å². The highest BCUT2D eigenvalue weighted by Crippen LogP contribution is 2.28. The SMILES string of the molecule is CC1CC(C)CC(NCc2ccc(Br)c(F)c2)C1. The molecule has 18 heavy (non-hydrogen) atoms. The zero-order valence-corrected chi connectivity index (χ0v) is 12.6. The second-order valence-electron chi connectivity index (χ2n) is 5.74. The van der Waals surface area contributed by atoms with Crippen LogP contribution in [0.25, 0.3) is 0 Å². The van der Waals surface area contributed by atoms with Crippen molar-refractivity contribution in [3.05, 3.63) is 34.1 Å². The number of halogens is 2. The Kier molecular flexibility index (Phi) is 4.79. The van der Waals surface area contributed by atoms with Gasteiger partial charge in [0.05, 0.1) is 4.47 Å². The van der Waals surface area contributed by atoms with Crippen LogP contribution in [0.3, 0.4) is 0 Å². The van der Waals surface area contributed by atoms with Crippen molar-refractivity contribution in [1.29, 1.82) is 0 Å². The molecule has 2 atom stereocenters. The minimum absolute atomic E-state index is 0.181. The normalized spacial score (nSPS) is 28.3. The Morgan fingerprint density at radius 2 is 1.89 bits per heavy atom. The number of hydrogen-bond acceptors (Lipinski definition) is 1. The van der Waals surface area contributed by atoms with Gasteiger partial charge < -0.3 is 5.32 Å². The van der Waals surface area contributed by atoms with Crippen LogP contribution >= 0.6 is 15.9 Å². The number of rotatable bonds is 3. The summed E-state index contributed by atoms with van der Waals surface area (Å²) in [7, 11) is 0. The van der Waals surface area contributed by atoms with E-state index in [2.05, 4.69) is 35.1 Å². The number of nitrogens with one attached hydrogen (secondary N) is 1. The van der Waals surface area contributed by atoms with Crippen molar-refractivity contribution in [2.24, 2.45) is 11.8 Å². The quantitative estimate of drug-likeness (QED) is 0.866. The van der Waals surface area contributed by atoms with E-state index < -0.39 is 0 Å². The van der Waals surface area contributed by atoms with Gasteiger partial charge in [0.15, 0.2) is 0 Å². The lowest BCUT2D eigenvalue weighted by Crippen LogP contribution is -2.35. The molecule has 1 aromatic rings. The van der Waals surface area contributed by atoms with Crippen LogP contribution in [-0.2, 0) is 6.54 Å². The maximum absolute atomic E-state index is 13.4. The Morgan fingerprint density at radius 1 is 1.22 bits per heavy atom. The third-order valence-corrected chi connectivity index (χ3v) is 4.40. The van der Waals surface area contributed by atoms with E-state index >= 15 is 0 Å². The summed E-state index contributed by atoms with van der Waals surface area (Å²) in [6.45, 7) is 5.40. The third kappa shape index (κ3) is 3.79. The van der Waals surface area contributed by atoms with Crippen molar-refractivity contribution < 1.29 is 4.39 Å². The zero-order chi connectivity index (χ0) is 13.1. The van der Waals surface area contributed by atoms with Gasteiger partial charge in [-0.15, -0.1) is 0 Å². The van der Waals surface area contributed by atoms with E-state index in [9.17, 15) is 4.39 Å². The molecule has 1 aliphatic carbocycles. The van der Waals surface area contributed by atoms with Crippen LogP contribution in [0.5, 0.6) is 0 Å². The standard InChI is InChI=1S/C15H21BrFN/c1-10-5-11(2)7-13(6-10)18-9-12-3-4-14(16)15(17)8-12/h3-4,8,10-11,13,18H,5-7,9H2,1-2H3. The molecule has 1 aliphatic rings. The molecule has 0 amide bonds. The van der Waals surface area contributed by atoms with Gasteiger partial charge in [-0.05, 0) is 64.7 Å². The molecule has 0 aromatic heterocycles. The predicted octanol–water partition coefficient (Wildman–Crippen LogP) is 4.50. The fourth-order valence-corrected chi connectivity index (χ4v) is 3.27. The molecule has 100 valence electrons. The minimum atomic E-state index is -0.181. The van der Waals surface area contributed by atoms with E-state index in [0.717, 1.165) is 23.9 Å². The second kappa shape index (κ2) is 6.16. The van der Waals surface area contributed by atoms with Crippen molar-refractivity contribution in [2.75, 3.05) is 0 Å². The van der Waals surface area contributed by atoms with Gasteiger partial charge in [-0.2, -0.15) is 0 Å². The highest BCUT2D eigenvalue weighted by Gasteiger charge is 2.23. The largest absolute Gasteiger partial charge is 0.310 e. The van der Waals surface area contributed by atoms with Crippen LogP contribution in [0, 0.1) is 17.7 Å². The van der Waals surface area contributed by atoms with Crippen LogP contribution in [0.2, 0.25) is 0 Å². The summed E-state index contributed by atoms with van der Waals surface area (Å²) in [5, 5.41) is 3.56. The van der Waals surface area contributed by atoms with E-state index in [1.54, 1.807) is 12.1 Å². The van der Waals surface area contributed by atoms with Crippen LogP contribution < -0.4 is 5.32 Å². The number of benzene rings is 1. The molecule has 2 unspecified atom stereocenters. The first-order valence-corrected chi connectivity index (χ1v) is 7.51. The second-order valence-corrected chi connectivity index (χ2v) is 6.60. The fourth-order valence-electron chi connectivity index (χ4n) is 3.03. The number of hydrogen-bond donors (Lipinski definition) is 1. The summed E-state index contributed by atoms with van der Waals surface area (Å²) < 4.78 is 13.9. The Bertz CT molecular complexity index is 397.